The fourth-order valence-corrected chi connectivity index (χ4v) is 5.55. The number of aromatic nitrogens is 2. The van der Waals surface area contributed by atoms with E-state index in [1.165, 1.54) is 12.1 Å². The van der Waals surface area contributed by atoms with Crippen LogP contribution in [0.4, 0.5) is 13.2 Å². The topological polar surface area (TPSA) is 71.4 Å². The number of hydrogen-bond acceptors (Lipinski definition) is 6. The van der Waals surface area contributed by atoms with Crippen LogP contribution in [-0.2, 0) is 24.6 Å². The fraction of sp³-hybridized carbons (Fsp3) is 0.481. The van der Waals surface area contributed by atoms with Crippen molar-refractivity contribution in [2.75, 3.05) is 32.7 Å². The summed E-state index contributed by atoms with van der Waals surface area (Å²) in [6.45, 7) is 3.99. The highest BCUT2D eigenvalue weighted by atomic mass is 35.5. The molecule has 0 spiro atoms. The molecular weight excluding hydrogens is 503 g/mol. The lowest BCUT2D eigenvalue weighted by atomic mass is 9.64. The monoisotopic (exact) mass is 533 g/mol. The Morgan fingerprint density at radius 3 is 2.41 bits per heavy atom. The van der Waals surface area contributed by atoms with Crippen LogP contribution < -0.4 is 5.73 Å². The number of halogens is 4. The number of rotatable bonds is 8. The van der Waals surface area contributed by atoms with Crippen molar-refractivity contribution in [3.63, 3.8) is 0 Å². The summed E-state index contributed by atoms with van der Waals surface area (Å²) in [6, 6.07) is 13.5. The Balaban J connectivity index is 1.19. The molecule has 0 bridgehead atoms. The zero-order valence-electron chi connectivity index (χ0n) is 20.6. The summed E-state index contributed by atoms with van der Waals surface area (Å²) < 4.78 is 44.8. The van der Waals surface area contributed by atoms with E-state index >= 15 is 0 Å². The van der Waals surface area contributed by atoms with E-state index in [4.69, 9.17) is 26.8 Å². The van der Waals surface area contributed by atoms with Gasteiger partial charge in [-0.15, -0.1) is 0 Å². The molecule has 2 aliphatic rings. The molecule has 1 atom stereocenters. The van der Waals surface area contributed by atoms with E-state index in [9.17, 15) is 13.2 Å². The van der Waals surface area contributed by atoms with E-state index in [0.29, 0.717) is 36.0 Å². The molecule has 198 valence electrons. The van der Waals surface area contributed by atoms with Gasteiger partial charge in [-0.25, -0.2) is 0 Å². The van der Waals surface area contributed by atoms with E-state index in [-0.39, 0.29) is 11.5 Å². The maximum atomic E-state index is 13.0. The van der Waals surface area contributed by atoms with Crippen molar-refractivity contribution >= 4 is 11.6 Å². The molecule has 2 aromatic carbocycles. The number of piperazine rings is 1. The van der Waals surface area contributed by atoms with Crippen LogP contribution in [0.5, 0.6) is 0 Å². The van der Waals surface area contributed by atoms with E-state index < -0.39 is 11.7 Å². The van der Waals surface area contributed by atoms with Gasteiger partial charge >= 0.3 is 6.18 Å². The first-order valence-electron chi connectivity index (χ1n) is 12.7. The fourth-order valence-electron chi connectivity index (χ4n) is 5.43. The summed E-state index contributed by atoms with van der Waals surface area (Å²) in [5.41, 5.74) is 7.13. The molecule has 3 aromatic rings. The quantitative estimate of drug-likeness (QED) is 0.444. The molecular formula is C27H31ClF3N5O. The Hall–Kier alpha value is -2.46. The first kappa shape index (κ1) is 26.2. The van der Waals surface area contributed by atoms with Gasteiger partial charge in [0.2, 0.25) is 5.89 Å². The lowest BCUT2D eigenvalue weighted by molar-refractivity contribution is -0.137. The van der Waals surface area contributed by atoms with Gasteiger partial charge in [-0.05, 0) is 42.2 Å². The predicted octanol–water partition coefficient (Wildman–Crippen LogP) is 4.90. The third kappa shape index (κ3) is 5.70. The van der Waals surface area contributed by atoms with Gasteiger partial charge in [0.25, 0.3) is 0 Å². The van der Waals surface area contributed by atoms with E-state index in [1.807, 2.05) is 24.3 Å². The number of nitrogens with two attached hydrogens (primary N) is 1. The molecule has 1 saturated heterocycles. The molecule has 10 heteroatoms. The maximum absolute atomic E-state index is 13.0. The molecule has 5 rings (SSSR count). The van der Waals surface area contributed by atoms with Crippen LogP contribution in [0.15, 0.2) is 53.1 Å². The average Bonchev–Trinajstić information content (AvgIpc) is 3.32. The molecule has 0 radical (unpaired) electrons. The third-order valence-corrected chi connectivity index (χ3v) is 8.02. The van der Waals surface area contributed by atoms with Crippen molar-refractivity contribution in [2.45, 2.75) is 49.9 Å². The Morgan fingerprint density at radius 1 is 1.05 bits per heavy atom. The Kier molecular flexibility index (Phi) is 7.58. The summed E-state index contributed by atoms with van der Waals surface area (Å²) in [6.07, 6.45) is -0.704. The zero-order valence-corrected chi connectivity index (χ0v) is 21.3. The van der Waals surface area contributed by atoms with E-state index in [2.05, 4.69) is 15.0 Å². The molecule has 0 amide bonds. The second-order valence-corrected chi connectivity index (χ2v) is 10.5. The first-order valence-corrected chi connectivity index (χ1v) is 13.1. The van der Waals surface area contributed by atoms with Crippen LogP contribution >= 0.6 is 11.6 Å². The number of hydrogen-bond donors (Lipinski definition) is 1. The molecule has 1 aliphatic heterocycles. The molecule has 37 heavy (non-hydrogen) atoms. The maximum Gasteiger partial charge on any atom is 0.416 e. The lowest BCUT2D eigenvalue weighted by Gasteiger charge is -2.39. The first-order chi connectivity index (χ1) is 17.8. The van der Waals surface area contributed by atoms with Gasteiger partial charge in [-0.3, -0.25) is 9.80 Å². The van der Waals surface area contributed by atoms with Crippen LogP contribution in [0.1, 0.15) is 47.7 Å². The van der Waals surface area contributed by atoms with Crippen molar-refractivity contribution in [1.82, 2.24) is 19.9 Å². The lowest BCUT2D eigenvalue weighted by Crippen LogP contribution is -2.52. The molecule has 1 aliphatic carbocycles. The van der Waals surface area contributed by atoms with Gasteiger partial charge in [0.05, 0.1) is 11.0 Å². The van der Waals surface area contributed by atoms with E-state index in [1.54, 1.807) is 6.07 Å². The van der Waals surface area contributed by atoms with Gasteiger partial charge in [0.15, 0.2) is 5.82 Å². The van der Waals surface area contributed by atoms with Gasteiger partial charge in [-0.1, -0.05) is 53.5 Å². The number of alkyl halides is 3. The zero-order chi connectivity index (χ0) is 26.0. The smallest absolute Gasteiger partial charge is 0.339 e. The average molecular weight is 534 g/mol. The minimum atomic E-state index is -4.33. The van der Waals surface area contributed by atoms with Crippen LogP contribution in [0, 0.1) is 0 Å². The van der Waals surface area contributed by atoms with Crippen molar-refractivity contribution < 1.29 is 17.7 Å². The number of nitrogens with zero attached hydrogens (tertiary/aromatic N) is 4. The molecule has 1 aromatic heterocycles. The summed E-state index contributed by atoms with van der Waals surface area (Å²) in [7, 11) is 0. The minimum Gasteiger partial charge on any atom is -0.339 e. The Morgan fingerprint density at radius 2 is 1.78 bits per heavy atom. The Bertz CT molecular complexity index is 1190. The van der Waals surface area contributed by atoms with Crippen molar-refractivity contribution in [3.05, 3.63) is 82.0 Å². The van der Waals surface area contributed by atoms with Crippen molar-refractivity contribution in [2.24, 2.45) is 5.73 Å². The normalized spacial score (nSPS) is 19.5. The van der Waals surface area contributed by atoms with Gasteiger partial charge in [-0.2, -0.15) is 18.2 Å². The summed E-state index contributed by atoms with van der Waals surface area (Å²) >= 11 is 6.08. The number of benzene rings is 2. The third-order valence-electron chi connectivity index (χ3n) is 7.77. The molecule has 2 heterocycles. The molecule has 1 saturated carbocycles. The summed E-state index contributed by atoms with van der Waals surface area (Å²) in [5.74, 6) is 1.30. The largest absolute Gasteiger partial charge is 0.416 e. The van der Waals surface area contributed by atoms with Gasteiger partial charge in [0.1, 0.15) is 0 Å². The molecule has 1 unspecified atom stereocenters. The predicted molar refractivity (Wildman–Crippen MR) is 135 cm³/mol. The molecule has 2 fully saturated rings. The minimum absolute atomic E-state index is 0.0527. The summed E-state index contributed by atoms with van der Waals surface area (Å²) in [4.78, 5) is 9.28. The van der Waals surface area contributed by atoms with Gasteiger partial charge < -0.3 is 10.3 Å². The van der Waals surface area contributed by atoms with Crippen LogP contribution in [-0.4, -0.2) is 58.7 Å². The van der Waals surface area contributed by atoms with Crippen LogP contribution in [0.25, 0.3) is 0 Å². The highest BCUT2D eigenvalue weighted by Crippen LogP contribution is 2.48. The Labute approximate surface area is 219 Å². The summed E-state index contributed by atoms with van der Waals surface area (Å²) in [5, 5.41) is 5.06. The SMILES string of the molecule is NCC(Cc1nc(C2(c3ccc(Cl)cc3)CCC2)no1)N1CCN(Cc2cccc(C(F)(F)F)c2)CC1. The molecule has 6 nitrogen and oxygen atoms in total. The highest BCUT2D eigenvalue weighted by molar-refractivity contribution is 6.30. The van der Waals surface area contributed by atoms with E-state index in [0.717, 1.165) is 62.9 Å². The second-order valence-electron chi connectivity index (χ2n) is 10.1. The van der Waals surface area contributed by atoms with Crippen LogP contribution in [0.3, 0.4) is 0 Å². The van der Waals surface area contributed by atoms with Crippen molar-refractivity contribution in [3.8, 4) is 0 Å². The molecule has 2 N–H and O–H groups in total. The highest BCUT2D eigenvalue weighted by Gasteiger charge is 2.44. The second kappa shape index (κ2) is 10.7. The van der Waals surface area contributed by atoms with Crippen LogP contribution in [0.2, 0.25) is 5.02 Å². The standard InChI is InChI=1S/C27H31ClF3N5O/c28-22-7-5-20(6-8-22)26(9-2-10-26)25-33-24(37-34-25)16-23(17-32)36-13-11-35(12-14-36)18-19-3-1-4-21(15-19)27(29,30)31/h1,3-8,15,23H,2,9-14,16-18,32H2. The van der Waals surface area contributed by atoms with Crippen molar-refractivity contribution in [1.29, 1.82) is 0 Å². The van der Waals surface area contributed by atoms with Gasteiger partial charge in [0, 0.05) is 56.8 Å².